The van der Waals surface area contributed by atoms with Crippen LogP contribution < -0.4 is 10.3 Å². The van der Waals surface area contributed by atoms with Gasteiger partial charge in [-0.15, -0.1) is 0 Å². The Morgan fingerprint density at radius 1 is 1.11 bits per heavy atom. The van der Waals surface area contributed by atoms with Gasteiger partial charge in [-0.2, -0.15) is 8.42 Å². The highest BCUT2D eigenvalue weighted by Gasteiger charge is 1.92. The van der Waals surface area contributed by atoms with Crippen molar-refractivity contribution in [2.24, 2.45) is 10.3 Å². The minimum Gasteiger partial charge on any atom is -0.402 e. The quantitative estimate of drug-likeness (QED) is 0.228. The molecule has 0 fully saturated rings. The van der Waals surface area contributed by atoms with E-state index in [2.05, 4.69) is 10.3 Å². The van der Waals surface area contributed by atoms with E-state index in [1.165, 1.54) is 0 Å². The molecular weight excluding hydrogens is 151 g/mol. The summed E-state index contributed by atoms with van der Waals surface area (Å²) in [4.78, 5) is 0. The number of hydrogen-bond donors (Lipinski definition) is 5. The van der Waals surface area contributed by atoms with Gasteiger partial charge in [-0.1, -0.05) is 0 Å². The molecule has 7 N–H and O–H groups in total. The second-order valence-electron chi connectivity index (χ2n) is 0.935. The molecule has 0 spiro atoms. The van der Waals surface area contributed by atoms with Crippen LogP contribution >= 0.6 is 0 Å². The van der Waals surface area contributed by atoms with E-state index in [4.69, 9.17) is 15.1 Å². The normalized spacial score (nSPS) is 9.44. The Bertz CT molecular complexity index is 126. The van der Waals surface area contributed by atoms with Crippen LogP contribution in [-0.4, -0.2) is 30.8 Å². The maximum absolute atomic E-state index is 9.19. The van der Waals surface area contributed by atoms with Gasteiger partial charge in [0.15, 0.2) is 0 Å². The first-order valence-corrected chi connectivity index (χ1v) is 3.19. The smallest absolute Gasteiger partial charge is 0.402 e. The predicted octanol–water partition coefficient (Wildman–Crippen LogP) is -3.90. The molecule has 0 unspecified atom stereocenters. The maximum Gasteiger partial charge on any atom is 0.631 e. The van der Waals surface area contributed by atoms with Crippen molar-refractivity contribution in [1.29, 1.82) is 0 Å². The SMILES string of the molecule is NS(N)(=O)=O.OB(O)O. The Hall–Kier alpha value is -0.185. The minimum absolute atomic E-state index is 2.17. The largest absolute Gasteiger partial charge is 0.631 e. The highest BCUT2D eigenvalue weighted by atomic mass is 32.2. The van der Waals surface area contributed by atoms with Crippen molar-refractivity contribution in [1.82, 2.24) is 0 Å². The standard InChI is InChI=1S/BH3O3.H4N2O2S/c2-1(3)4;1-5(2,3)4/h2-4H;(H4,1,2,3,4). The van der Waals surface area contributed by atoms with Gasteiger partial charge in [-0.3, -0.25) is 0 Å². The first-order chi connectivity index (χ1) is 3.73. The molecule has 0 saturated heterocycles. The summed E-state index contributed by atoms with van der Waals surface area (Å²) in [6.45, 7) is 0. The second-order valence-corrected chi connectivity index (χ2v) is 2.11. The van der Waals surface area contributed by atoms with Gasteiger partial charge in [0.1, 0.15) is 0 Å². The van der Waals surface area contributed by atoms with E-state index < -0.39 is 17.5 Å². The maximum atomic E-state index is 9.19. The van der Waals surface area contributed by atoms with Crippen LogP contribution in [0.3, 0.4) is 0 Å². The molecule has 0 amide bonds. The van der Waals surface area contributed by atoms with Crippen molar-refractivity contribution >= 4 is 17.5 Å². The summed E-state index contributed by atoms with van der Waals surface area (Å²) >= 11 is 0. The average molecular weight is 158 g/mol. The molecule has 9 heteroatoms. The molecule has 0 saturated carbocycles. The molecule has 7 nitrogen and oxygen atoms in total. The Kier molecular flexibility index (Phi) is 6.02. The van der Waals surface area contributed by atoms with E-state index in [0.29, 0.717) is 0 Å². The number of nitrogens with two attached hydrogens (primary N) is 2. The fourth-order valence-corrected chi connectivity index (χ4v) is 0. The van der Waals surface area contributed by atoms with Gasteiger partial charge in [0.25, 0.3) is 10.2 Å². The summed E-state index contributed by atoms with van der Waals surface area (Å²) in [5, 5.41) is 29.7. The summed E-state index contributed by atoms with van der Waals surface area (Å²) in [5.74, 6) is 0. The summed E-state index contributed by atoms with van der Waals surface area (Å²) in [6, 6.07) is 0. The minimum atomic E-state index is -3.67. The van der Waals surface area contributed by atoms with Gasteiger partial charge in [0, 0.05) is 0 Å². The van der Waals surface area contributed by atoms with Crippen molar-refractivity contribution in [3.8, 4) is 0 Å². The van der Waals surface area contributed by atoms with E-state index in [-0.39, 0.29) is 0 Å². The van der Waals surface area contributed by atoms with E-state index in [1.807, 2.05) is 0 Å². The molecule has 0 atom stereocenters. The fraction of sp³-hybridized carbons (Fsp3) is 0. The Morgan fingerprint density at radius 2 is 1.11 bits per heavy atom. The Morgan fingerprint density at radius 3 is 1.11 bits per heavy atom. The molecule has 0 heterocycles. The van der Waals surface area contributed by atoms with E-state index in [0.717, 1.165) is 0 Å². The molecule has 0 aliphatic rings. The van der Waals surface area contributed by atoms with E-state index >= 15 is 0 Å². The summed E-state index contributed by atoms with van der Waals surface area (Å²) < 4.78 is 18.4. The molecular formula is H7BN2O5S. The third-order valence-electron chi connectivity index (χ3n) is 0. The fourth-order valence-electron chi connectivity index (χ4n) is 0. The van der Waals surface area contributed by atoms with Crippen LogP contribution in [0.4, 0.5) is 0 Å². The van der Waals surface area contributed by atoms with Crippen molar-refractivity contribution in [2.45, 2.75) is 0 Å². The molecule has 0 bridgehead atoms. The van der Waals surface area contributed by atoms with Gasteiger partial charge in [0.2, 0.25) is 0 Å². The van der Waals surface area contributed by atoms with Crippen LogP contribution in [0.25, 0.3) is 0 Å². The third-order valence-corrected chi connectivity index (χ3v) is 0. The summed E-state index contributed by atoms with van der Waals surface area (Å²) in [6.07, 6.45) is 0. The molecule has 0 aliphatic carbocycles. The van der Waals surface area contributed by atoms with Crippen LogP contribution in [0.2, 0.25) is 0 Å². The van der Waals surface area contributed by atoms with Crippen LogP contribution in [0.5, 0.6) is 0 Å². The highest BCUT2D eigenvalue weighted by molar-refractivity contribution is 7.86. The molecule has 0 aromatic carbocycles. The lowest BCUT2D eigenvalue weighted by Crippen LogP contribution is -2.21. The van der Waals surface area contributed by atoms with Gasteiger partial charge < -0.3 is 15.1 Å². The van der Waals surface area contributed by atoms with Gasteiger partial charge in [0.05, 0.1) is 0 Å². The molecule has 56 valence electrons. The van der Waals surface area contributed by atoms with Gasteiger partial charge in [-0.25, -0.2) is 10.3 Å². The zero-order valence-corrected chi connectivity index (χ0v) is 5.11. The summed E-state index contributed by atoms with van der Waals surface area (Å²) in [7, 11) is -5.83. The van der Waals surface area contributed by atoms with Crippen molar-refractivity contribution in [2.75, 3.05) is 0 Å². The van der Waals surface area contributed by atoms with Crippen LogP contribution in [0, 0.1) is 0 Å². The van der Waals surface area contributed by atoms with Crippen molar-refractivity contribution in [3.63, 3.8) is 0 Å². The zero-order valence-electron chi connectivity index (χ0n) is 4.30. The van der Waals surface area contributed by atoms with Crippen molar-refractivity contribution in [3.05, 3.63) is 0 Å². The number of hydrogen-bond acceptors (Lipinski definition) is 5. The van der Waals surface area contributed by atoms with Gasteiger partial charge in [-0.05, 0) is 0 Å². The third kappa shape index (κ3) is 7720. The van der Waals surface area contributed by atoms with E-state index in [9.17, 15) is 8.42 Å². The van der Waals surface area contributed by atoms with Crippen molar-refractivity contribution < 1.29 is 23.5 Å². The average Bonchev–Trinajstić information content (AvgIpc) is 1.19. The van der Waals surface area contributed by atoms with E-state index in [1.54, 1.807) is 0 Å². The lowest BCUT2D eigenvalue weighted by atomic mass is 10.3. The molecule has 0 rings (SSSR count). The van der Waals surface area contributed by atoms with Crippen LogP contribution in [0.15, 0.2) is 0 Å². The second kappa shape index (κ2) is 4.67. The monoisotopic (exact) mass is 158 g/mol. The molecule has 9 heavy (non-hydrogen) atoms. The lowest BCUT2D eigenvalue weighted by Gasteiger charge is -1.72. The molecule has 0 aliphatic heterocycles. The van der Waals surface area contributed by atoms with Crippen LogP contribution in [0.1, 0.15) is 0 Å². The molecule has 0 aromatic heterocycles. The predicted molar refractivity (Wildman–Crippen MR) is 29.7 cm³/mol. The Balaban J connectivity index is 0. The number of rotatable bonds is 0. The summed E-state index contributed by atoms with van der Waals surface area (Å²) in [5.41, 5.74) is 0. The molecule has 0 aromatic rings. The zero-order chi connectivity index (χ0) is 8.08. The lowest BCUT2D eigenvalue weighted by molar-refractivity contribution is 0.278. The topological polar surface area (TPSA) is 147 Å². The highest BCUT2D eigenvalue weighted by Crippen LogP contribution is 1.40. The van der Waals surface area contributed by atoms with Gasteiger partial charge >= 0.3 is 7.32 Å². The first-order valence-electron chi connectivity index (χ1n) is 1.58. The first kappa shape index (κ1) is 11.6. The molecule has 0 radical (unpaired) electrons. The van der Waals surface area contributed by atoms with Crippen LogP contribution in [-0.2, 0) is 10.2 Å². The Labute approximate surface area is 52.3 Å².